The van der Waals surface area contributed by atoms with E-state index in [4.69, 9.17) is 9.84 Å². The molecule has 0 spiro atoms. The summed E-state index contributed by atoms with van der Waals surface area (Å²) in [6, 6.07) is -1.22. The largest absolute Gasteiger partial charge is 0.481 e. The van der Waals surface area contributed by atoms with E-state index < -0.39 is 61.5 Å². The van der Waals surface area contributed by atoms with Crippen molar-refractivity contribution in [2.75, 3.05) is 19.7 Å². The number of amides is 3. The van der Waals surface area contributed by atoms with Gasteiger partial charge in [0, 0.05) is 19.4 Å². The standard InChI is InChI=1S/C38H71N3O9/c1-3-5-7-9-11-13-15-16-18-20-22-24-33(45)41(27-23-21-19-17-14-12-10-8-6-4-2)38-35(37(49)36(48)30(29-42)50-38)40-32(44)28-39-31(43)25-26-34(46)47/h30,35-38,42,48-49H,3-29H2,1-2H3,(H,39,43)(H,40,44)(H,46,47)/t30-,35-,36+,37-,38-/m1/s1. The summed E-state index contributed by atoms with van der Waals surface area (Å²) in [5.41, 5.74) is 0. The van der Waals surface area contributed by atoms with Gasteiger partial charge < -0.3 is 40.7 Å². The molecule has 1 fully saturated rings. The second-order valence-electron chi connectivity index (χ2n) is 14.0. The molecule has 1 saturated heterocycles. The summed E-state index contributed by atoms with van der Waals surface area (Å²) in [4.78, 5) is 50.9. The maximum absolute atomic E-state index is 13.8. The zero-order valence-corrected chi connectivity index (χ0v) is 31.3. The van der Waals surface area contributed by atoms with Gasteiger partial charge >= 0.3 is 5.97 Å². The average Bonchev–Trinajstić information content (AvgIpc) is 3.10. The van der Waals surface area contributed by atoms with Gasteiger partial charge in [0.25, 0.3) is 0 Å². The van der Waals surface area contributed by atoms with E-state index >= 15 is 0 Å². The highest BCUT2D eigenvalue weighted by Gasteiger charge is 2.48. The predicted molar refractivity (Wildman–Crippen MR) is 194 cm³/mol. The van der Waals surface area contributed by atoms with E-state index in [-0.39, 0.29) is 25.2 Å². The molecule has 1 aliphatic heterocycles. The molecule has 12 heteroatoms. The Morgan fingerprint density at radius 2 is 1.10 bits per heavy atom. The fraction of sp³-hybridized carbons (Fsp3) is 0.895. The number of carboxylic acids is 1. The molecule has 0 aliphatic carbocycles. The normalized spacial score (nSPS) is 20.4. The second kappa shape index (κ2) is 29.3. The quantitative estimate of drug-likeness (QED) is 0.0516. The van der Waals surface area contributed by atoms with Crippen LogP contribution < -0.4 is 10.6 Å². The smallest absolute Gasteiger partial charge is 0.303 e. The molecule has 12 nitrogen and oxygen atoms in total. The first-order chi connectivity index (χ1) is 24.2. The Kier molecular flexibility index (Phi) is 26.8. The highest BCUT2D eigenvalue weighted by Crippen LogP contribution is 2.26. The van der Waals surface area contributed by atoms with Crippen molar-refractivity contribution in [1.82, 2.24) is 15.5 Å². The van der Waals surface area contributed by atoms with E-state index in [2.05, 4.69) is 24.5 Å². The van der Waals surface area contributed by atoms with Crippen molar-refractivity contribution >= 4 is 23.7 Å². The van der Waals surface area contributed by atoms with Crippen LogP contribution in [0.25, 0.3) is 0 Å². The highest BCUT2D eigenvalue weighted by molar-refractivity contribution is 5.86. The Morgan fingerprint density at radius 1 is 0.620 bits per heavy atom. The molecule has 0 aromatic heterocycles. The molecule has 292 valence electrons. The van der Waals surface area contributed by atoms with Crippen LogP contribution in [-0.4, -0.2) is 99.3 Å². The molecule has 1 aliphatic rings. The number of hydrogen-bond donors (Lipinski definition) is 6. The molecular formula is C38H71N3O9. The van der Waals surface area contributed by atoms with Crippen LogP contribution in [0.15, 0.2) is 0 Å². The number of aliphatic hydroxyl groups is 3. The van der Waals surface area contributed by atoms with Gasteiger partial charge in [0.2, 0.25) is 17.7 Å². The van der Waals surface area contributed by atoms with Crippen molar-refractivity contribution in [2.24, 2.45) is 0 Å². The monoisotopic (exact) mass is 714 g/mol. The van der Waals surface area contributed by atoms with Crippen LogP contribution in [0.4, 0.5) is 0 Å². The lowest BCUT2D eigenvalue weighted by Gasteiger charge is -2.47. The highest BCUT2D eigenvalue weighted by atomic mass is 16.5. The fourth-order valence-corrected chi connectivity index (χ4v) is 6.49. The van der Waals surface area contributed by atoms with E-state index in [1.54, 1.807) is 0 Å². The molecule has 0 aromatic rings. The predicted octanol–water partition coefficient (Wildman–Crippen LogP) is 5.34. The summed E-state index contributed by atoms with van der Waals surface area (Å²) in [7, 11) is 0. The average molecular weight is 714 g/mol. The molecule has 50 heavy (non-hydrogen) atoms. The molecule has 1 heterocycles. The number of nitrogens with one attached hydrogen (secondary N) is 2. The van der Waals surface area contributed by atoms with Crippen molar-refractivity contribution < 1.29 is 44.3 Å². The van der Waals surface area contributed by atoms with Crippen molar-refractivity contribution in [3.8, 4) is 0 Å². The maximum Gasteiger partial charge on any atom is 0.303 e. The molecule has 0 bridgehead atoms. The number of aliphatic carboxylic acids is 1. The molecule has 0 aromatic carbocycles. The van der Waals surface area contributed by atoms with Crippen molar-refractivity contribution in [1.29, 1.82) is 0 Å². The Hall–Kier alpha value is -2.28. The number of carbonyl (C=O) groups excluding carboxylic acids is 3. The van der Waals surface area contributed by atoms with Crippen LogP contribution in [0.5, 0.6) is 0 Å². The summed E-state index contributed by atoms with van der Waals surface area (Å²) in [5, 5.41) is 45.5. The number of carbonyl (C=O) groups is 4. The van der Waals surface area contributed by atoms with E-state index in [0.717, 1.165) is 38.5 Å². The third-order valence-corrected chi connectivity index (χ3v) is 9.61. The minimum atomic E-state index is -1.55. The molecule has 0 saturated carbocycles. The first-order valence-electron chi connectivity index (χ1n) is 19.9. The third kappa shape index (κ3) is 20.5. The van der Waals surface area contributed by atoms with E-state index in [1.807, 2.05) is 0 Å². The van der Waals surface area contributed by atoms with Gasteiger partial charge in [0.15, 0.2) is 6.23 Å². The molecular weight excluding hydrogens is 642 g/mol. The number of ether oxygens (including phenoxy) is 1. The van der Waals surface area contributed by atoms with Gasteiger partial charge in [-0.2, -0.15) is 0 Å². The number of aliphatic hydroxyl groups excluding tert-OH is 3. The van der Waals surface area contributed by atoms with Gasteiger partial charge in [-0.25, -0.2) is 0 Å². The van der Waals surface area contributed by atoms with E-state index in [1.165, 1.54) is 88.4 Å². The van der Waals surface area contributed by atoms with E-state index in [0.29, 0.717) is 19.4 Å². The molecule has 5 atom stereocenters. The van der Waals surface area contributed by atoms with Gasteiger partial charge in [-0.1, -0.05) is 136 Å². The first kappa shape index (κ1) is 45.7. The van der Waals surface area contributed by atoms with Crippen molar-refractivity contribution in [3.05, 3.63) is 0 Å². The SMILES string of the molecule is CCCCCCCCCCCCCC(=O)N(CCCCCCCCCCCC)[C@@H]1O[C@H](CO)[C@H](O)[C@H](O)[C@H]1NC(=O)CNC(=O)CCC(=O)O. The zero-order chi connectivity index (χ0) is 37.0. The van der Waals surface area contributed by atoms with Crippen LogP contribution in [0.3, 0.4) is 0 Å². The molecule has 1 rings (SSSR count). The lowest BCUT2D eigenvalue weighted by atomic mass is 9.94. The summed E-state index contributed by atoms with van der Waals surface area (Å²) < 4.78 is 6.03. The summed E-state index contributed by atoms with van der Waals surface area (Å²) in [6.07, 6.45) is 18.1. The van der Waals surface area contributed by atoms with Crippen LogP contribution >= 0.6 is 0 Å². The Morgan fingerprint density at radius 3 is 1.58 bits per heavy atom. The van der Waals surface area contributed by atoms with Gasteiger partial charge in [0.05, 0.1) is 19.6 Å². The zero-order valence-electron chi connectivity index (χ0n) is 31.3. The number of carboxylic acid groups (broad SMARTS) is 1. The second-order valence-corrected chi connectivity index (χ2v) is 14.0. The lowest BCUT2D eigenvalue weighted by Crippen LogP contribution is -2.69. The van der Waals surface area contributed by atoms with Crippen molar-refractivity contribution in [3.63, 3.8) is 0 Å². The molecule has 0 unspecified atom stereocenters. The number of nitrogens with zero attached hydrogens (tertiary/aromatic N) is 1. The molecule has 3 amide bonds. The van der Waals surface area contributed by atoms with Crippen LogP contribution in [0, 0.1) is 0 Å². The minimum absolute atomic E-state index is 0.177. The fourth-order valence-electron chi connectivity index (χ4n) is 6.49. The Bertz CT molecular complexity index is 922. The summed E-state index contributed by atoms with van der Waals surface area (Å²) in [5.74, 6) is -2.63. The number of unbranched alkanes of at least 4 members (excludes halogenated alkanes) is 19. The summed E-state index contributed by atoms with van der Waals surface area (Å²) >= 11 is 0. The number of rotatable bonds is 31. The Labute approximate surface area is 301 Å². The third-order valence-electron chi connectivity index (χ3n) is 9.61. The van der Waals surface area contributed by atoms with Crippen LogP contribution in [-0.2, 0) is 23.9 Å². The topological polar surface area (TPSA) is 186 Å². The maximum atomic E-state index is 13.8. The van der Waals surface area contributed by atoms with Crippen molar-refractivity contribution in [2.45, 2.75) is 199 Å². The molecule has 6 N–H and O–H groups in total. The number of hydrogen-bond acceptors (Lipinski definition) is 8. The first-order valence-corrected chi connectivity index (χ1v) is 19.9. The van der Waals surface area contributed by atoms with E-state index in [9.17, 15) is 34.5 Å². The lowest BCUT2D eigenvalue weighted by molar-refractivity contribution is -0.231. The van der Waals surface area contributed by atoms with Gasteiger partial charge in [-0.05, 0) is 12.8 Å². The van der Waals surface area contributed by atoms with Gasteiger partial charge in [0.1, 0.15) is 24.4 Å². The van der Waals surface area contributed by atoms with Crippen LogP contribution in [0.1, 0.15) is 168 Å². The van der Waals surface area contributed by atoms with Crippen LogP contribution in [0.2, 0.25) is 0 Å². The minimum Gasteiger partial charge on any atom is -0.481 e. The van der Waals surface area contributed by atoms with Gasteiger partial charge in [-0.3, -0.25) is 19.2 Å². The Balaban J connectivity index is 2.85. The summed E-state index contributed by atoms with van der Waals surface area (Å²) in [6.45, 7) is 3.68. The molecule has 0 radical (unpaired) electrons. The van der Waals surface area contributed by atoms with Gasteiger partial charge in [-0.15, -0.1) is 0 Å².